The zero-order valence-corrected chi connectivity index (χ0v) is 21.9. The van der Waals surface area contributed by atoms with Crippen LogP contribution in [-0.4, -0.2) is 55.0 Å². The molecule has 3 aromatic rings. The van der Waals surface area contributed by atoms with Gasteiger partial charge in [0.05, 0.1) is 34.7 Å². The van der Waals surface area contributed by atoms with E-state index >= 15 is 0 Å². The molecule has 2 aliphatic rings. The van der Waals surface area contributed by atoms with E-state index < -0.39 is 15.4 Å². The summed E-state index contributed by atoms with van der Waals surface area (Å²) in [5.41, 5.74) is 1.53. The molecule has 8 nitrogen and oxygen atoms in total. The third-order valence-corrected chi connectivity index (χ3v) is 9.45. The van der Waals surface area contributed by atoms with Crippen molar-refractivity contribution in [3.63, 3.8) is 0 Å². The van der Waals surface area contributed by atoms with E-state index in [1.807, 2.05) is 6.07 Å². The van der Waals surface area contributed by atoms with Gasteiger partial charge in [-0.1, -0.05) is 35.9 Å². The second-order valence-corrected chi connectivity index (χ2v) is 11.7. The molecule has 0 radical (unpaired) electrons. The molecule has 1 saturated carbocycles. The molecule has 200 valence electrons. The summed E-state index contributed by atoms with van der Waals surface area (Å²) in [6, 6.07) is 16.8. The summed E-state index contributed by atoms with van der Waals surface area (Å²) in [5, 5.41) is 13.0. The van der Waals surface area contributed by atoms with E-state index in [1.165, 1.54) is 4.31 Å². The summed E-state index contributed by atoms with van der Waals surface area (Å²) in [6.45, 7) is 0.218. The topological polar surface area (TPSA) is 109 Å². The number of methoxy groups -OCH3 is 1. The number of sulfonamides is 1. The lowest BCUT2D eigenvalue weighted by Gasteiger charge is -2.22. The average Bonchev–Trinajstić information content (AvgIpc) is 3.58. The fourth-order valence-electron chi connectivity index (χ4n) is 4.87. The van der Waals surface area contributed by atoms with Crippen molar-refractivity contribution in [3.8, 4) is 17.0 Å². The van der Waals surface area contributed by atoms with E-state index in [0.717, 1.165) is 17.5 Å². The predicted octanol–water partition coefficient (Wildman–Crippen LogP) is 4.96. The van der Waals surface area contributed by atoms with Gasteiger partial charge in [-0.2, -0.15) is 4.31 Å². The Morgan fingerprint density at radius 2 is 1.97 bits per heavy atom. The molecule has 2 fully saturated rings. The van der Waals surface area contributed by atoms with Crippen LogP contribution in [-0.2, 0) is 20.2 Å². The quantitative estimate of drug-likeness (QED) is 0.412. The van der Waals surface area contributed by atoms with Crippen LogP contribution in [0.3, 0.4) is 0 Å². The van der Waals surface area contributed by atoms with Crippen molar-refractivity contribution in [2.75, 3.05) is 25.6 Å². The zero-order chi connectivity index (χ0) is 26.2. The minimum atomic E-state index is -3.69. The summed E-state index contributed by atoms with van der Waals surface area (Å²) < 4.78 is 32.8. The zero-order valence-electron chi connectivity index (χ0n) is 20.4. The van der Waals surface area contributed by atoms with Crippen LogP contribution < -0.4 is 10.1 Å². The van der Waals surface area contributed by atoms with Gasteiger partial charge in [0.25, 0.3) is 0 Å². The SMILES string of the molecule is COc1cc(C2(C(=O)Nc3cccc(-c4ccc(S(=O)(=O)N5CCC[C@@H]5CO)cc4)n3)CC2)ccc1Cl.[HH].[HH].[HH]. The Labute approximate surface area is 225 Å². The fourth-order valence-corrected chi connectivity index (χ4v) is 6.75. The molecule has 2 aromatic carbocycles. The van der Waals surface area contributed by atoms with Crippen molar-refractivity contribution >= 4 is 33.3 Å². The standard InChI is InChI=1S/C27H28ClN3O5S.3H2/c1-36-24-16-19(9-12-22(24)28)27(13-14-27)26(33)30-25-6-2-5-23(29-25)18-7-10-21(11-8-18)37(34,35)31-15-3-4-20(31)17-32;;;/h2,5-12,16,20,32H,3-4,13-15,17H2,1H3,(H,29,30,33);3*1H/t20-;;;/m1.../s1. The number of halogens is 1. The smallest absolute Gasteiger partial charge is 0.243 e. The normalized spacial score (nSPS) is 18.9. The summed E-state index contributed by atoms with van der Waals surface area (Å²) >= 11 is 6.15. The Kier molecular flexibility index (Phi) is 6.97. The number of anilines is 1. The Morgan fingerprint density at radius 3 is 2.65 bits per heavy atom. The number of carbonyl (C=O) groups is 1. The molecular weight excluding hydrogens is 514 g/mol. The minimum Gasteiger partial charge on any atom is -0.495 e. The molecule has 0 unspecified atom stereocenters. The molecule has 2 heterocycles. The van der Waals surface area contributed by atoms with Crippen LogP contribution in [0.4, 0.5) is 5.82 Å². The number of rotatable bonds is 8. The van der Waals surface area contributed by atoms with Gasteiger partial charge in [0.2, 0.25) is 15.9 Å². The Hall–Kier alpha value is -2.98. The van der Waals surface area contributed by atoms with Crippen molar-refractivity contribution in [1.82, 2.24) is 9.29 Å². The van der Waals surface area contributed by atoms with Gasteiger partial charge in [0, 0.05) is 22.4 Å². The highest BCUT2D eigenvalue weighted by atomic mass is 35.5. The monoisotopic (exact) mass is 547 g/mol. The highest BCUT2D eigenvalue weighted by Gasteiger charge is 2.51. The maximum absolute atomic E-state index is 13.2. The first-order valence-corrected chi connectivity index (χ1v) is 14.0. The van der Waals surface area contributed by atoms with E-state index in [2.05, 4.69) is 10.3 Å². The fraction of sp³-hybridized carbons (Fsp3) is 0.333. The average molecular weight is 548 g/mol. The number of nitrogens with one attached hydrogen (secondary N) is 1. The summed E-state index contributed by atoms with van der Waals surface area (Å²) in [4.78, 5) is 18.0. The predicted molar refractivity (Wildman–Crippen MR) is 148 cm³/mol. The van der Waals surface area contributed by atoms with Crippen LogP contribution in [0.15, 0.2) is 65.6 Å². The van der Waals surface area contributed by atoms with Crippen molar-refractivity contribution < 1.29 is 27.3 Å². The van der Waals surface area contributed by atoms with Gasteiger partial charge in [-0.25, -0.2) is 13.4 Å². The Bertz CT molecular complexity index is 1440. The highest BCUT2D eigenvalue weighted by molar-refractivity contribution is 7.89. The molecule has 5 rings (SSSR count). The van der Waals surface area contributed by atoms with Crippen LogP contribution in [0.5, 0.6) is 5.75 Å². The highest BCUT2D eigenvalue weighted by Crippen LogP contribution is 2.50. The van der Waals surface area contributed by atoms with Crippen LogP contribution in [0.1, 0.15) is 35.5 Å². The molecule has 1 aliphatic carbocycles. The molecule has 1 saturated heterocycles. The first-order valence-electron chi connectivity index (χ1n) is 12.1. The third-order valence-electron chi connectivity index (χ3n) is 7.17. The van der Waals surface area contributed by atoms with Gasteiger partial charge in [0.1, 0.15) is 11.6 Å². The molecular formula is C27H34ClN3O5S. The van der Waals surface area contributed by atoms with Crippen molar-refractivity contribution in [2.24, 2.45) is 0 Å². The van der Waals surface area contributed by atoms with Gasteiger partial charge < -0.3 is 15.2 Å². The molecule has 0 spiro atoms. The first-order chi connectivity index (χ1) is 17.8. The molecule has 1 aliphatic heterocycles. The maximum atomic E-state index is 13.2. The molecule has 0 bridgehead atoms. The van der Waals surface area contributed by atoms with Gasteiger partial charge >= 0.3 is 0 Å². The van der Waals surface area contributed by atoms with E-state index in [9.17, 15) is 18.3 Å². The van der Waals surface area contributed by atoms with Gasteiger partial charge in [0.15, 0.2) is 0 Å². The first kappa shape index (κ1) is 25.7. The van der Waals surface area contributed by atoms with Crippen molar-refractivity contribution in [2.45, 2.75) is 42.0 Å². The number of aliphatic hydroxyl groups excluding tert-OH is 1. The number of pyridine rings is 1. The molecule has 2 N–H and O–H groups in total. The lowest BCUT2D eigenvalue weighted by Crippen LogP contribution is -2.37. The second kappa shape index (κ2) is 10.1. The molecule has 1 aromatic heterocycles. The number of hydrogen-bond donors (Lipinski definition) is 2. The lowest BCUT2D eigenvalue weighted by molar-refractivity contribution is -0.118. The minimum absolute atomic E-state index is 0. The number of amides is 1. The lowest BCUT2D eigenvalue weighted by atomic mass is 9.94. The summed E-state index contributed by atoms with van der Waals surface area (Å²) in [6.07, 6.45) is 2.82. The number of aliphatic hydroxyl groups is 1. The van der Waals surface area contributed by atoms with Crippen LogP contribution in [0.2, 0.25) is 5.02 Å². The van der Waals surface area contributed by atoms with Crippen LogP contribution in [0.25, 0.3) is 11.3 Å². The van der Waals surface area contributed by atoms with Crippen molar-refractivity contribution in [3.05, 3.63) is 71.2 Å². The number of aromatic nitrogens is 1. The number of nitrogens with zero attached hydrogens (tertiary/aromatic N) is 2. The number of benzene rings is 2. The third kappa shape index (κ3) is 4.84. The van der Waals surface area contributed by atoms with Gasteiger partial charge in [-0.05, 0) is 67.6 Å². The van der Waals surface area contributed by atoms with E-state index in [1.54, 1.807) is 61.7 Å². The van der Waals surface area contributed by atoms with Crippen LogP contribution in [0, 0.1) is 0 Å². The van der Waals surface area contributed by atoms with E-state index in [4.69, 9.17) is 16.3 Å². The van der Waals surface area contributed by atoms with Crippen molar-refractivity contribution in [1.29, 1.82) is 0 Å². The number of hydrogen-bond acceptors (Lipinski definition) is 6. The molecule has 37 heavy (non-hydrogen) atoms. The second-order valence-electron chi connectivity index (χ2n) is 9.41. The molecule has 1 amide bonds. The largest absolute Gasteiger partial charge is 0.495 e. The molecule has 1 atom stereocenters. The van der Waals surface area contributed by atoms with Gasteiger partial charge in [-0.3, -0.25) is 4.79 Å². The number of ether oxygens (including phenoxy) is 1. The van der Waals surface area contributed by atoms with Gasteiger partial charge in [-0.15, -0.1) is 0 Å². The number of carbonyl (C=O) groups excluding carboxylic acids is 1. The molecule has 10 heteroatoms. The Morgan fingerprint density at radius 1 is 1.22 bits per heavy atom. The van der Waals surface area contributed by atoms with E-state index in [0.29, 0.717) is 48.1 Å². The summed E-state index contributed by atoms with van der Waals surface area (Å²) in [5.74, 6) is 0.793. The van der Waals surface area contributed by atoms with Crippen LogP contribution >= 0.6 is 11.6 Å². The summed E-state index contributed by atoms with van der Waals surface area (Å²) in [7, 11) is -2.15. The Balaban J connectivity index is 0.00000187. The maximum Gasteiger partial charge on any atom is 0.243 e. The van der Waals surface area contributed by atoms with E-state index in [-0.39, 0.29) is 27.7 Å².